The maximum absolute atomic E-state index is 12.2. The molecule has 0 unspecified atom stereocenters. The van der Waals surface area contributed by atoms with Gasteiger partial charge in [-0.25, -0.2) is 0 Å². The van der Waals surface area contributed by atoms with Crippen LogP contribution in [-0.4, -0.2) is 39.4 Å². The highest BCUT2D eigenvalue weighted by Gasteiger charge is 2.22. The summed E-state index contributed by atoms with van der Waals surface area (Å²) in [5.41, 5.74) is 2.35. The number of amides is 1. The third-order valence-electron chi connectivity index (χ3n) is 4.14. The topological polar surface area (TPSA) is 81.1 Å². The highest BCUT2D eigenvalue weighted by molar-refractivity contribution is 6.03. The first kappa shape index (κ1) is 17.2. The van der Waals surface area contributed by atoms with E-state index in [1.165, 1.54) is 6.08 Å². The van der Waals surface area contributed by atoms with Crippen molar-refractivity contribution in [2.45, 2.75) is 31.9 Å². The zero-order chi connectivity index (χ0) is 17.6. The van der Waals surface area contributed by atoms with E-state index in [1.807, 2.05) is 19.3 Å². The number of anilines is 2. The molecular weight excluding hydrogens is 318 g/mol. The lowest BCUT2D eigenvalue weighted by Gasteiger charge is -2.22. The van der Waals surface area contributed by atoms with Crippen molar-refractivity contribution in [2.75, 3.05) is 17.2 Å². The van der Waals surface area contributed by atoms with E-state index in [2.05, 4.69) is 27.6 Å². The van der Waals surface area contributed by atoms with Gasteiger partial charge in [0.25, 0.3) is 0 Å². The van der Waals surface area contributed by atoms with Gasteiger partial charge in [0, 0.05) is 43.7 Å². The minimum Gasteiger partial charge on any atom is -0.378 e. The molecule has 132 valence electrons. The van der Waals surface area contributed by atoms with Crippen LogP contribution in [0.4, 0.5) is 11.4 Å². The molecule has 1 amide bonds. The second-order valence-electron chi connectivity index (χ2n) is 6.18. The highest BCUT2D eigenvalue weighted by Crippen LogP contribution is 2.24. The second kappa shape index (κ2) is 7.94. The lowest BCUT2D eigenvalue weighted by molar-refractivity contribution is -0.111. The molecule has 1 aliphatic rings. The fraction of sp³-hybridized carbons (Fsp3) is 0.389. The van der Waals surface area contributed by atoms with Crippen LogP contribution in [0.25, 0.3) is 6.08 Å². The van der Waals surface area contributed by atoms with Crippen molar-refractivity contribution in [3.05, 3.63) is 42.5 Å². The fourth-order valence-electron chi connectivity index (χ4n) is 2.83. The van der Waals surface area contributed by atoms with Crippen LogP contribution >= 0.6 is 0 Å². The van der Waals surface area contributed by atoms with Crippen LogP contribution in [0.15, 0.2) is 36.9 Å². The average molecular weight is 341 g/mol. The van der Waals surface area contributed by atoms with Gasteiger partial charge in [-0.15, -0.1) is 0 Å². The molecular formula is C18H23N5O2. The Morgan fingerprint density at radius 2 is 2.32 bits per heavy atom. The van der Waals surface area contributed by atoms with Crippen LogP contribution in [0.2, 0.25) is 0 Å². The van der Waals surface area contributed by atoms with Crippen LogP contribution in [0.3, 0.4) is 0 Å². The predicted molar refractivity (Wildman–Crippen MR) is 97.2 cm³/mol. The van der Waals surface area contributed by atoms with Gasteiger partial charge in [0.05, 0.1) is 29.9 Å². The van der Waals surface area contributed by atoms with Crippen LogP contribution in [-0.2, 0) is 16.6 Å². The molecule has 0 aliphatic carbocycles. The van der Waals surface area contributed by atoms with Crippen LogP contribution in [0.5, 0.6) is 0 Å². The standard InChI is InChI=1S/C18H23N5O2/c1-13(17-4-3-9-25-17)21-15-7-8-19-11-16(15)22-18(24)6-5-14-10-20-23(2)12-14/h5-8,10-13,17H,3-4,9H2,1-2H3,(H,19,21)(H,22,24)/b6-5+/t13-,17-/m0/s1. The third-order valence-corrected chi connectivity index (χ3v) is 4.14. The van der Waals surface area contributed by atoms with Gasteiger partial charge in [-0.3, -0.25) is 14.5 Å². The quantitative estimate of drug-likeness (QED) is 0.789. The van der Waals surface area contributed by atoms with E-state index in [4.69, 9.17) is 4.74 Å². The van der Waals surface area contributed by atoms with Gasteiger partial charge in [0.2, 0.25) is 5.91 Å². The van der Waals surface area contributed by atoms with Gasteiger partial charge in [-0.1, -0.05) is 0 Å². The molecule has 7 heteroatoms. The van der Waals surface area contributed by atoms with Crippen molar-refractivity contribution >= 4 is 23.4 Å². The molecule has 2 N–H and O–H groups in total. The van der Waals surface area contributed by atoms with Gasteiger partial charge < -0.3 is 15.4 Å². The number of hydrogen-bond donors (Lipinski definition) is 2. The number of aryl methyl sites for hydroxylation is 1. The Balaban J connectivity index is 1.63. The monoisotopic (exact) mass is 341 g/mol. The van der Waals surface area contributed by atoms with E-state index in [1.54, 1.807) is 29.3 Å². The summed E-state index contributed by atoms with van der Waals surface area (Å²) in [7, 11) is 1.83. The summed E-state index contributed by atoms with van der Waals surface area (Å²) in [4.78, 5) is 16.3. The molecule has 25 heavy (non-hydrogen) atoms. The van der Waals surface area contributed by atoms with Crippen molar-refractivity contribution in [3.63, 3.8) is 0 Å². The molecule has 7 nitrogen and oxygen atoms in total. The molecule has 0 radical (unpaired) electrons. The molecule has 0 bridgehead atoms. The van der Waals surface area contributed by atoms with Gasteiger partial charge in [-0.05, 0) is 31.9 Å². The van der Waals surface area contributed by atoms with Crippen molar-refractivity contribution in [3.8, 4) is 0 Å². The summed E-state index contributed by atoms with van der Waals surface area (Å²) < 4.78 is 7.40. The largest absolute Gasteiger partial charge is 0.378 e. The van der Waals surface area contributed by atoms with E-state index < -0.39 is 0 Å². The van der Waals surface area contributed by atoms with Crippen molar-refractivity contribution in [2.24, 2.45) is 7.05 Å². The summed E-state index contributed by atoms with van der Waals surface area (Å²) in [5.74, 6) is -0.218. The van der Waals surface area contributed by atoms with Crippen LogP contribution in [0.1, 0.15) is 25.3 Å². The average Bonchev–Trinajstić information content (AvgIpc) is 3.26. The molecule has 3 heterocycles. The SMILES string of the molecule is C[C@H](Nc1ccncc1NC(=O)/C=C/c1cnn(C)c1)[C@@H]1CCCO1. The maximum Gasteiger partial charge on any atom is 0.248 e. The van der Waals surface area contributed by atoms with Gasteiger partial charge in [0.1, 0.15) is 0 Å². The van der Waals surface area contributed by atoms with Crippen molar-refractivity contribution in [1.29, 1.82) is 0 Å². The number of pyridine rings is 1. The minimum atomic E-state index is -0.218. The Kier molecular flexibility index (Phi) is 5.45. The fourth-order valence-corrected chi connectivity index (χ4v) is 2.83. The zero-order valence-electron chi connectivity index (χ0n) is 14.5. The molecule has 3 rings (SSSR count). The van der Waals surface area contributed by atoms with Crippen LogP contribution < -0.4 is 10.6 Å². The minimum absolute atomic E-state index is 0.159. The normalized spacial score (nSPS) is 18.4. The number of hydrogen-bond acceptors (Lipinski definition) is 5. The summed E-state index contributed by atoms with van der Waals surface area (Å²) in [6, 6.07) is 2.01. The second-order valence-corrected chi connectivity index (χ2v) is 6.18. The number of nitrogens with zero attached hydrogens (tertiary/aromatic N) is 3. The molecule has 0 saturated carbocycles. The molecule has 2 aromatic heterocycles. The van der Waals surface area contributed by atoms with Crippen molar-refractivity contribution in [1.82, 2.24) is 14.8 Å². The first-order valence-electron chi connectivity index (χ1n) is 8.41. The number of ether oxygens (including phenoxy) is 1. The summed E-state index contributed by atoms with van der Waals surface area (Å²) in [5, 5.41) is 10.3. The first-order valence-corrected chi connectivity index (χ1v) is 8.41. The zero-order valence-corrected chi connectivity index (χ0v) is 14.5. The molecule has 1 aliphatic heterocycles. The molecule has 1 fully saturated rings. The Morgan fingerprint density at radius 3 is 3.04 bits per heavy atom. The number of carbonyl (C=O) groups excluding carboxylic acids is 1. The molecule has 2 atom stereocenters. The van der Waals surface area contributed by atoms with E-state index in [-0.39, 0.29) is 18.1 Å². The van der Waals surface area contributed by atoms with E-state index in [9.17, 15) is 4.79 Å². The Hall–Kier alpha value is -2.67. The summed E-state index contributed by atoms with van der Waals surface area (Å²) in [6.45, 7) is 2.90. The van der Waals surface area contributed by atoms with Crippen molar-refractivity contribution < 1.29 is 9.53 Å². The number of aromatic nitrogens is 3. The number of rotatable bonds is 6. The molecule has 1 saturated heterocycles. The van der Waals surface area contributed by atoms with E-state index >= 15 is 0 Å². The van der Waals surface area contributed by atoms with Gasteiger partial charge in [0.15, 0.2) is 0 Å². The Labute approximate surface area is 147 Å². The number of nitrogens with one attached hydrogen (secondary N) is 2. The van der Waals surface area contributed by atoms with Crippen LogP contribution in [0, 0.1) is 0 Å². The smallest absolute Gasteiger partial charge is 0.248 e. The predicted octanol–water partition coefficient (Wildman–Crippen LogP) is 2.45. The third kappa shape index (κ3) is 4.67. The van der Waals surface area contributed by atoms with E-state index in [0.717, 1.165) is 30.7 Å². The van der Waals surface area contributed by atoms with Gasteiger partial charge >= 0.3 is 0 Å². The summed E-state index contributed by atoms with van der Waals surface area (Å²) >= 11 is 0. The Morgan fingerprint density at radius 1 is 1.44 bits per heavy atom. The first-order chi connectivity index (χ1) is 12.1. The Bertz CT molecular complexity index is 749. The molecule has 2 aromatic rings. The highest BCUT2D eigenvalue weighted by atomic mass is 16.5. The van der Waals surface area contributed by atoms with E-state index in [0.29, 0.717) is 5.69 Å². The lowest BCUT2D eigenvalue weighted by Crippen LogP contribution is -2.30. The number of carbonyl (C=O) groups is 1. The van der Waals surface area contributed by atoms with Gasteiger partial charge in [-0.2, -0.15) is 5.10 Å². The molecule has 0 aromatic carbocycles. The summed E-state index contributed by atoms with van der Waals surface area (Å²) in [6.07, 6.45) is 12.4. The maximum atomic E-state index is 12.2. The molecule has 0 spiro atoms. The lowest BCUT2D eigenvalue weighted by atomic mass is 10.1.